The number of rotatable bonds is 9. The number of aryl methyl sites for hydroxylation is 1. The van der Waals surface area contributed by atoms with Crippen molar-refractivity contribution in [3.05, 3.63) is 131 Å². The minimum Gasteiger partial charge on any atom is -0.325 e. The second-order valence-electron chi connectivity index (χ2n) is 8.58. The van der Waals surface area contributed by atoms with E-state index in [1.807, 2.05) is 31.2 Å². The maximum absolute atomic E-state index is 14.3. The van der Waals surface area contributed by atoms with Gasteiger partial charge in [0.1, 0.15) is 11.5 Å². The summed E-state index contributed by atoms with van der Waals surface area (Å²) in [5.74, 6) is -1.53. The summed E-state index contributed by atoms with van der Waals surface area (Å²) in [6, 6.07) is 28.9. The summed E-state index contributed by atoms with van der Waals surface area (Å²) in [6.45, 7) is 1.98. The fourth-order valence-corrected chi connectivity index (χ4v) is 4.20. The van der Waals surface area contributed by atoms with Crippen LogP contribution in [0.3, 0.4) is 0 Å². The van der Waals surface area contributed by atoms with E-state index in [1.165, 1.54) is 30.0 Å². The molecule has 4 rings (SSSR count). The molecule has 3 amide bonds. The number of benzene rings is 4. The summed E-state index contributed by atoms with van der Waals surface area (Å²) >= 11 is 1.36. The standard InChI is InChI=1S/C31H26FN3O3S/c1-21-11-13-24(14-12-21)33-29(36)20-39-26-17-15-25(16-18-26)34-31(38)28(19-23-9-5-6-10-27(23)32)35-30(37)22-7-3-2-4-8-22/h2-19H,20H2,1H3,(H,33,36)(H,34,38)(H,35,37)/b28-19-. The van der Waals surface area contributed by atoms with Gasteiger partial charge in [0.25, 0.3) is 11.8 Å². The lowest BCUT2D eigenvalue weighted by molar-refractivity contribution is -0.114. The molecule has 0 aliphatic heterocycles. The van der Waals surface area contributed by atoms with Crippen molar-refractivity contribution >= 4 is 46.9 Å². The molecular weight excluding hydrogens is 513 g/mol. The highest BCUT2D eigenvalue weighted by molar-refractivity contribution is 8.00. The highest BCUT2D eigenvalue weighted by Gasteiger charge is 2.16. The lowest BCUT2D eigenvalue weighted by Gasteiger charge is -2.12. The van der Waals surface area contributed by atoms with Gasteiger partial charge in [0.15, 0.2) is 0 Å². The number of carbonyl (C=O) groups is 3. The molecule has 0 saturated heterocycles. The van der Waals surface area contributed by atoms with Crippen LogP contribution in [0.4, 0.5) is 15.8 Å². The fraction of sp³-hybridized carbons (Fsp3) is 0.0645. The Labute approximate surface area is 230 Å². The lowest BCUT2D eigenvalue weighted by atomic mass is 10.1. The van der Waals surface area contributed by atoms with E-state index < -0.39 is 17.6 Å². The van der Waals surface area contributed by atoms with Crippen LogP contribution in [0.25, 0.3) is 6.08 Å². The predicted molar refractivity (Wildman–Crippen MR) is 154 cm³/mol. The van der Waals surface area contributed by atoms with Crippen LogP contribution < -0.4 is 16.0 Å². The summed E-state index contributed by atoms with van der Waals surface area (Å²) in [4.78, 5) is 38.9. The Morgan fingerprint density at radius 3 is 2.08 bits per heavy atom. The van der Waals surface area contributed by atoms with Crippen LogP contribution in [-0.2, 0) is 9.59 Å². The van der Waals surface area contributed by atoms with Crippen LogP contribution >= 0.6 is 11.8 Å². The molecule has 6 nitrogen and oxygen atoms in total. The maximum Gasteiger partial charge on any atom is 0.272 e. The van der Waals surface area contributed by atoms with Gasteiger partial charge in [-0.15, -0.1) is 11.8 Å². The zero-order valence-corrected chi connectivity index (χ0v) is 21.9. The molecule has 0 aromatic heterocycles. The SMILES string of the molecule is Cc1ccc(NC(=O)CSc2ccc(NC(=O)/C(=C/c3ccccc3F)NC(=O)c3ccccc3)cc2)cc1. The van der Waals surface area contributed by atoms with E-state index in [0.717, 1.165) is 16.1 Å². The molecule has 0 radical (unpaired) electrons. The van der Waals surface area contributed by atoms with Gasteiger partial charge >= 0.3 is 0 Å². The summed E-state index contributed by atoms with van der Waals surface area (Å²) in [6.07, 6.45) is 1.29. The van der Waals surface area contributed by atoms with E-state index >= 15 is 0 Å². The summed E-state index contributed by atoms with van der Waals surface area (Å²) < 4.78 is 14.3. The minimum atomic E-state index is -0.611. The predicted octanol–water partition coefficient (Wildman–Crippen LogP) is 6.27. The van der Waals surface area contributed by atoms with Crippen LogP contribution in [0.2, 0.25) is 0 Å². The third kappa shape index (κ3) is 8.15. The van der Waals surface area contributed by atoms with Crippen molar-refractivity contribution in [3.8, 4) is 0 Å². The van der Waals surface area contributed by atoms with Crippen LogP contribution in [0.1, 0.15) is 21.5 Å². The van der Waals surface area contributed by atoms with Crippen molar-refractivity contribution < 1.29 is 18.8 Å². The number of hydrogen-bond donors (Lipinski definition) is 3. The van der Waals surface area contributed by atoms with Gasteiger partial charge in [0.05, 0.1) is 5.75 Å². The third-order valence-corrected chi connectivity index (χ3v) is 6.56. The first kappa shape index (κ1) is 27.3. The summed E-state index contributed by atoms with van der Waals surface area (Å²) in [7, 11) is 0. The topological polar surface area (TPSA) is 87.3 Å². The van der Waals surface area contributed by atoms with Gasteiger partial charge in [-0.2, -0.15) is 0 Å². The van der Waals surface area contributed by atoms with Crippen molar-refractivity contribution in [2.45, 2.75) is 11.8 Å². The average molecular weight is 540 g/mol. The molecule has 196 valence electrons. The number of thioether (sulfide) groups is 1. The van der Waals surface area contributed by atoms with Gasteiger partial charge in [-0.25, -0.2) is 4.39 Å². The van der Waals surface area contributed by atoms with Crippen molar-refractivity contribution in [2.75, 3.05) is 16.4 Å². The quantitative estimate of drug-likeness (QED) is 0.173. The first-order valence-corrected chi connectivity index (χ1v) is 13.1. The molecule has 0 spiro atoms. The zero-order chi connectivity index (χ0) is 27.6. The van der Waals surface area contributed by atoms with Crippen LogP contribution in [0.15, 0.2) is 114 Å². The molecule has 0 heterocycles. The Bertz CT molecular complexity index is 1490. The van der Waals surface area contributed by atoms with Crippen LogP contribution in [-0.4, -0.2) is 23.5 Å². The van der Waals surface area contributed by atoms with Crippen molar-refractivity contribution in [2.24, 2.45) is 0 Å². The molecule has 8 heteroatoms. The Balaban J connectivity index is 1.40. The molecule has 39 heavy (non-hydrogen) atoms. The Morgan fingerprint density at radius 2 is 1.38 bits per heavy atom. The molecule has 3 N–H and O–H groups in total. The highest BCUT2D eigenvalue weighted by Crippen LogP contribution is 2.21. The molecule has 0 bridgehead atoms. The first-order chi connectivity index (χ1) is 18.9. The Kier molecular flexibility index (Phi) is 9.26. The number of amides is 3. The van der Waals surface area contributed by atoms with Gasteiger partial charge in [0, 0.05) is 27.4 Å². The molecule has 4 aromatic carbocycles. The average Bonchev–Trinajstić information content (AvgIpc) is 2.95. The van der Waals surface area contributed by atoms with Crippen molar-refractivity contribution in [1.82, 2.24) is 5.32 Å². The number of carbonyl (C=O) groups excluding carboxylic acids is 3. The molecular formula is C31H26FN3O3S. The summed E-state index contributed by atoms with van der Waals surface area (Å²) in [5.41, 5.74) is 2.73. The Hall–Kier alpha value is -4.69. The highest BCUT2D eigenvalue weighted by atomic mass is 32.2. The monoisotopic (exact) mass is 539 g/mol. The third-order valence-electron chi connectivity index (χ3n) is 5.55. The van der Waals surface area contributed by atoms with Gasteiger partial charge in [-0.1, -0.05) is 54.1 Å². The first-order valence-electron chi connectivity index (χ1n) is 12.1. The molecule has 0 unspecified atom stereocenters. The van der Waals surface area contributed by atoms with E-state index in [1.54, 1.807) is 66.7 Å². The molecule has 0 atom stereocenters. The zero-order valence-electron chi connectivity index (χ0n) is 21.1. The van der Waals surface area contributed by atoms with E-state index in [9.17, 15) is 18.8 Å². The molecule has 4 aromatic rings. The second-order valence-corrected chi connectivity index (χ2v) is 9.63. The Morgan fingerprint density at radius 1 is 0.769 bits per heavy atom. The van der Waals surface area contributed by atoms with Gasteiger partial charge < -0.3 is 16.0 Å². The second kappa shape index (κ2) is 13.2. The van der Waals surface area contributed by atoms with E-state index in [4.69, 9.17) is 0 Å². The van der Waals surface area contributed by atoms with E-state index in [0.29, 0.717) is 11.3 Å². The van der Waals surface area contributed by atoms with Crippen molar-refractivity contribution in [3.63, 3.8) is 0 Å². The number of nitrogens with one attached hydrogen (secondary N) is 3. The number of halogens is 1. The van der Waals surface area contributed by atoms with Crippen molar-refractivity contribution in [1.29, 1.82) is 0 Å². The van der Waals surface area contributed by atoms with Gasteiger partial charge in [-0.05, 0) is 67.6 Å². The largest absolute Gasteiger partial charge is 0.325 e. The summed E-state index contributed by atoms with van der Waals surface area (Å²) in [5, 5.41) is 8.18. The molecule has 0 saturated carbocycles. The van der Waals surface area contributed by atoms with Crippen LogP contribution in [0, 0.1) is 12.7 Å². The molecule has 0 aliphatic rings. The van der Waals surface area contributed by atoms with E-state index in [-0.39, 0.29) is 22.9 Å². The molecule has 0 fully saturated rings. The molecule has 0 aliphatic carbocycles. The van der Waals surface area contributed by atoms with Crippen LogP contribution in [0.5, 0.6) is 0 Å². The lowest BCUT2D eigenvalue weighted by Crippen LogP contribution is -2.30. The minimum absolute atomic E-state index is 0.111. The number of hydrogen-bond acceptors (Lipinski definition) is 4. The number of anilines is 2. The smallest absolute Gasteiger partial charge is 0.272 e. The van der Waals surface area contributed by atoms with Gasteiger partial charge in [0.2, 0.25) is 5.91 Å². The van der Waals surface area contributed by atoms with Gasteiger partial charge in [-0.3, -0.25) is 14.4 Å². The maximum atomic E-state index is 14.3. The fourth-order valence-electron chi connectivity index (χ4n) is 3.51. The normalized spacial score (nSPS) is 11.0. The van der Waals surface area contributed by atoms with E-state index in [2.05, 4.69) is 16.0 Å².